The predicted octanol–water partition coefficient (Wildman–Crippen LogP) is 3.74. The smallest absolute Gasteiger partial charge is 0.337 e. The summed E-state index contributed by atoms with van der Waals surface area (Å²) in [7, 11) is 1.30. The van der Waals surface area contributed by atoms with Crippen LogP contribution in [0.1, 0.15) is 26.3 Å². The minimum atomic E-state index is -0.478. The molecule has 0 fully saturated rings. The highest BCUT2D eigenvalue weighted by molar-refractivity contribution is 6.04. The average Bonchev–Trinajstić information content (AvgIpc) is 2.74. The fourth-order valence-corrected chi connectivity index (χ4v) is 2.46. The van der Waals surface area contributed by atoms with Gasteiger partial charge in [-0.25, -0.2) is 9.78 Å². The molecule has 7 heteroatoms. The number of hydrogen-bond donors (Lipinski definition) is 2. The Morgan fingerprint density at radius 2 is 1.79 bits per heavy atom. The normalized spacial score (nSPS) is 9.86. The Morgan fingerprint density at radius 1 is 1.00 bits per heavy atom. The van der Waals surface area contributed by atoms with Gasteiger partial charge in [-0.3, -0.25) is 4.79 Å². The van der Waals surface area contributed by atoms with E-state index in [4.69, 9.17) is 5.26 Å². The molecular weight excluding hydrogens is 356 g/mol. The van der Waals surface area contributed by atoms with Gasteiger partial charge in [0.1, 0.15) is 5.82 Å². The van der Waals surface area contributed by atoms with Gasteiger partial charge < -0.3 is 15.4 Å². The standard InChI is InChI=1S/C21H16N4O3/c1-28-21(27)15-5-3-7-18(11-15)25-20(26)16-8-9-19(23-13-16)24-17-6-2-4-14(10-17)12-22/h2-11,13H,1H3,(H,23,24)(H,25,26). The summed E-state index contributed by atoms with van der Waals surface area (Å²) in [6, 6.07) is 18.8. The first-order valence-corrected chi connectivity index (χ1v) is 8.32. The molecule has 0 bridgehead atoms. The van der Waals surface area contributed by atoms with Crippen LogP contribution in [0.15, 0.2) is 66.9 Å². The number of nitriles is 1. The lowest BCUT2D eigenvalue weighted by Gasteiger charge is -2.08. The summed E-state index contributed by atoms with van der Waals surface area (Å²) < 4.78 is 4.67. The molecule has 1 aromatic heterocycles. The van der Waals surface area contributed by atoms with Crippen LogP contribution in [0.4, 0.5) is 17.2 Å². The monoisotopic (exact) mass is 372 g/mol. The van der Waals surface area contributed by atoms with Crippen LogP contribution in [0.2, 0.25) is 0 Å². The Hall–Kier alpha value is -4.18. The molecule has 0 saturated heterocycles. The van der Waals surface area contributed by atoms with Crippen molar-refractivity contribution in [2.45, 2.75) is 0 Å². The fraction of sp³-hybridized carbons (Fsp3) is 0.0476. The molecule has 3 rings (SSSR count). The van der Waals surface area contributed by atoms with Crippen molar-refractivity contribution in [1.29, 1.82) is 5.26 Å². The molecule has 1 heterocycles. The third-order valence-corrected chi connectivity index (χ3v) is 3.83. The second-order valence-corrected chi connectivity index (χ2v) is 5.78. The Balaban J connectivity index is 1.68. The number of nitrogens with zero attached hydrogens (tertiary/aromatic N) is 2. The number of rotatable bonds is 5. The number of ether oxygens (including phenoxy) is 1. The summed E-state index contributed by atoms with van der Waals surface area (Å²) in [5.74, 6) is -0.291. The van der Waals surface area contributed by atoms with Gasteiger partial charge in [-0.1, -0.05) is 12.1 Å². The minimum Gasteiger partial charge on any atom is -0.465 e. The van der Waals surface area contributed by atoms with E-state index in [1.165, 1.54) is 19.4 Å². The van der Waals surface area contributed by atoms with Crippen LogP contribution in [-0.4, -0.2) is 24.0 Å². The summed E-state index contributed by atoms with van der Waals surface area (Å²) in [5.41, 5.74) is 2.44. The first-order chi connectivity index (χ1) is 13.6. The second kappa shape index (κ2) is 8.47. The van der Waals surface area contributed by atoms with E-state index in [0.29, 0.717) is 28.2 Å². The van der Waals surface area contributed by atoms with Gasteiger partial charge in [-0.05, 0) is 48.5 Å². The van der Waals surface area contributed by atoms with Crippen molar-refractivity contribution in [2.24, 2.45) is 0 Å². The number of benzene rings is 2. The fourth-order valence-electron chi connectivity index (χ4n) is 2.46. The summed E-state index contributed by atoms with van der Waals surface area (Å²) in [6.45, 7) is 0. The summed E-state index contributed by atoms with van der Waals surface area (Å²) >= 11 is 0. The van der Waals surface area contributed by atoms with Crippen molar-refractivity contribution in [1.82, 2.24) is 4.98 Å². The maximum absolute atomic E-state index is 12.4. The largest absolute Gasteiger partial charge is 0.465 e. The van der Waals surface area contributed by atoms with Crippen LogP contribution < -0.4 is 10.6 Å². The highest BCUT2D eigenvalue weighted by Crippen LogP contribution is 2.17. The van der Waals surface area contributed by atoms with Crippen molar-refractivity contribution in [3.05, 3.63) is 83.6 Å². The molecule has 0 saturated carbocycles. The van der Waals surface area contributed by atoms with Gasteiger partial charge in [0, 0.05) is 17.6 Å². The number of anilines is 3. The maximum Gasteiger partial charge on any atom is 0.337 e. The highest BCUT2D eigenvalue weighted by atomic mass is 16.5. The second-order valence-electron chi connectivity index (χ2n) is 5.78. The van der Waals surface area contributed by atoms with Crippen molar-refractivity contribution in [3.8, 4) is 6.07 Å². The zero-order chi connectivity index (χ0) is 19.9. The first-order valence-electron chi connectivity index (χ1n) is 8.32. The summed E-state index contributed by atoms with van der Waals surface area (Å²) in [6.07, 6.45) is 1.44. The molecule has 0 aliphatic carbocycles. The van der Waals surface area contributed by atoms with Gasteiger partial charge >= 0.3 is 5.97 Å². The quantitative estimate of drug-likeness (QED) is 0.661. The molecule has 138 valence electrons. The van der Waals surface area contributed by atoms with Gasteiger partial charge in [0.05, 0.1) is 29.9 Å². The Bertz CT molecular complexity index is 1060. The van der Waals surface area contributed by atoms with Crippen LogP contribution in [0.3, 0.4) is 0 Å². The molecule has 1 amide bonds. The van der Waals surface area contributed by atoms with E-state index < -0.39 is 5.97 Å². The van der Waals surface area contributed by atoms with Crippen molar-refractivity contribution in [3.63, 3.8) is 0 Å². The number of amides is 1. The number of carbonyl (C=O) groups is 2. The van der Waals surface area contributed by atoms with Gasteiger partial charge in [-0.2, -0.15) is 5.26 Å². The van der Waals surface area contributed by atoms with Gasteiger partial charge in [0.2, 0.25) is 0 Å². The highest BCUT2D eigenvalue weighted by Gasteiger charge is 2.10. The molecule has 7 nitrogen and oxygen atoms in total. The Kier molecular flexibility index (Phi) is 5.63. The van der Waals surface area contributed by atoms with Crippen LogP contribution in [-0.2, 0) is 4.74 Å². The molecular formula is C21H16N4O3. The van der Waals surface area contributed by atoms with Crippen LogP contribution in [0, 0.1) is 11.3 Å². The van der Waals surface area contributed by atoms with Crippen molar-refractivity contribution >= 4 is 29.1 Å². The minimum absolute atomic E-state index is 0.345. The molecule has 0 atom stereocenters. The van der Waals surface area contributed by atoms with E-state index in [1.807, 2.05) is 6.07 Å². The molecule has 0 unspecified atom stereocenters. The number of carbonyl (C=O) groups excluding carboxylic acids is 2. The molecule has 2 aromatic carbocycles. The third-order valence-electron chi connectivity index (χ3n) is 3.83. The van der Waals surface area contributed by atoms with Gasteiger partial charge in [-0.15, -0.1) is 0 Å². The van der Waals surface area contributed by atoms with E-state index in [2.05, 4.69) is 26.4 Å². The van der Waals surface area contributed by atoms with Crippen LogP contribution in [0.25, 0.3) is 0 Å². The zero-order valence-corrected chi connectivity index (χ0v) is 15.0. The molecule has 0 spiro atoms. The van der Waals surface area contributed by atoms with Crippen molar-refractivity contribution in [2.75, 3.05) is 17.7 Å². The van der Waals surface area contributed by atoms with Gasteiger partial charge in [0.15, 0.2) is 0 Å². The van der Waals surface area contributed by atoms with Crippen LogP contribution in [0.5, 0.6) is 0 Å². The summed E-state index contributed by atoms with van der Waals surface area (Å²) in [4.78, 5) is 28.2. The van der Waals surface area contributed by atoms with E-state index >= 15 is 0 Å². The topological polar surface area (TPSA) is 104 Å². The number of nitrogens with one attached hydrogen (secondary N) is 2. The number of pyridine rings is 1. The first kappa shape index (κ1) is 18.6. The number of aromatic nitrogens is 1. The SMILES string of the molecule is COC(=O)c1cccc(NC(=O)c2ccc(Nc3cccc(C#N)c3)nc2)c1. The predicted molar refractivity (Wildman–Crippen MR) is 104 cm³/mol. The number of methoxy groups -OCH3 is 1. The van der Waals surface area contributed by atoms with Crippen molar-refractivity contribution < 1.29 is 14.3 Å². The van der Waals surface area contributed by atoms with E-state index in [0.717, 1.165) is 5.69 Å². The average molecular weight is 372 g/mol. The molecule has 0 aliphatic rings. The Labute approximate surface area is 161 Å². The molecule has 0 aliphatic heterocycles. The van der Waals surface area contributed by atoms with E-state index in [-0.39, 0.29) is 5.91 Å². The lowest BCUT2D eigenvalue weighted by Crippen LogP contribution is -2.13. The third kappa shape index (κ3) is 4.51. The lowest BCUT2D eigenvalue weighted by atomic mass is 10.2. The number of esters is 1. The summed E-state index contributed by atoms with van der Waals surface area (Å²) in [5, 5.41) is 14.7. The lowest BCUT2D eigenvalue weighted by molar-refractivity contribution is 0.0600. The van der Waals surface area contributed by atoms with E-state index in [1.54, 1.807) is 48.5 Å². The number of hydrogen-bond acceptors (Lipinski definition) is 6. The maximum atomic E-state index is 12.4. The molecule has 0 radical (unpaired) electrons. The van der Waals surface area contributed by atoms with E-state index in [9.17, 15) is 9.59 Å². The Morgan fingerprint density at radius 3 is 2.50 bits per heavy atom. The molecule has 2 N–H and O–H groups in total. The molecule has 3 aromatic rings. The van der Waals surface area contributed by atoms with Crippen LogP contribution >= 0.6 is 0 Å². The van der Waals surface area contributed by atoms with Gasteiger partial charge in [0.25, 0.3) is 5.91 Å². The molecule has 28 heavy (non-hydrogen) atoms. The zero-order valence-electron chi connectivity index (χ0n) is 15.0.